The molecule has 2 aromatic heterocycles. The van der Waals surface area contributed by atoms with Gasteiger partial charge in [0, 0.05) is 6.54 Å². The third-order valence-corrected chi connectivity index (χ3v) is 2.60. The smallest absolute Gasteiger partial charge is 0.229 e. The Morgan fingerprint density at radius 2 is 2.17 bits per heavy atom. The third kappa shape index (κ3) is 2.88. The predicted octanol–water partition coefficient (Wildman–Crippen LogP) is 2.35. The van der Waals surface area contributed by atoms with E-state index in [4.69, 9.17) is 4.74 Å². The molecule has 98 valence electrons. The van der Waals surface area contributed by atoms with Crippen LogP contribution in [0.1, 0.15) is 33.1 Å². The molecule has 0 unspecified atom stereocenters. The van der Waals surface area contributed by atoms with E-state index in [0.717, 1.165) is 18.4 Å². The molecule has 6 nitrogen and oxygen atoms in total. The monoisotopic (exact) mass is 249 g/mol. The van der Waals surface area contributed by atoms with Gasteiger partial charge in [-0.3, -0.25) is 5.10 Å². The normalized spacial score (nSPS) is 10.8. The van der Waals surface area contributed by atoms with E-state index in [0.29, 0.717) is 24.1 Å². The fourth-order valence-electron chi connectivity index (χ4n) is 1.68. The van der Waals surface area contributed by atoms with Crippen molar-refractivity contribution in [1.29, 1.82) is 0 Å². The van der Waals surface area contributed by atoms with Crippen molar-refractivity contribution in [2.24, 2.45) is 0 Å². The lowest BCUT2D eigenvalue weighted by atomic mass is 10.3. The number of hydrogen-bond donors (Lipinski definition) is 2. The van der Waals surface area contributed by atoms with Crippen molar-refractivity contribution < 1.29 is 4.74 Å². The molecule has 0 aliphatic rings. The number of anilines is 1. The van der Waals surface area contributed by atoms with Gasteiger partial charge in [-0.05, 0) is 13.3 Å². The van der Waals surface area contributed by atoms with Crippen molar-refractivity contribution in [3.8, 4) is 5.88 Å². The molecular weight excluding hydrogens is 230 g/mol. The van der Waals surface area contributed by atoms with Gasteiger partial charge in [0.15, 0.2) is 5.65 Å². The summed E-state index contributed by atoms with van der Waals surface area (Å²) in [7, 11) is 0. The number of aromatic amines is 1. The number of H-pyrrole nitrogens is 1. The van der Waals surface area contributed by atoms with Crippen LogP contribution in [0.5, 0.6) is 5.88 Å². The second-order valence-corrected chi connectivity index (χ2v) is 4.07. The zero-order valence-corrected chi connectivity index (χ0v) is 10.9. The van der Waals surface area contributed by atoms with E-state index in [1.54, 1.807) is 6.20 Å². The highest BCUT2D eigenvalue weighted by atomic mass is 16.5. The summed E-state index contributed by atoms with van der Waals surface area (Å²) in [5.74, 6) is 1.17. The lowest BCUT2D eigenvalue weighted by Gasteiger charge is -2.07. The minimum Gasteiger partial charge on any atom is -0.477 e. The number of unbranched alkanes of at least 4 members (excludes halogenated alkanes) is 2. The molecule has 2 N–H and O–H groups in total. The zero-order valence-electron chi connectivity index (χ0n) is 10.9. The van der Waals surface area contributed by atoms with Crippen molar-refractivity contribution in [1.82, 2.24) is 20.2 Å². The van der Waals surface area contributed by atoms with Crippen LogP contribution in [0.25, 0.3) is 11.0 Å². The molecule has 0 saturated heterocycles. The lowest BCUT2D eigenvalue weighted by molar-refractivity contribution is 0.299. The molecule has 2 rings (SSSR count). The third-order valence-electron chi connectivity index (χ3n) is 2.60. The Balaban J connectivity index is 2.15. The van der Waals surface area contributed by atoms with E-state index in [2.05, 4.69) is 32.4 Å². The van der Waals surface area contributed by atoms with Gasteiger partial charge in [-0.15, -0.1) is 0 Å². The van der Waals surface area contributed by atoms with Crippen LogP contribution >= 0.6 is 0 Å². The van der Waals surface area contributed by atoms with Gasteiger partial charge in [0.25, 0.3) is 0 Å². The Bertz CT molecular complexity index is 496. The van der Waals surface area contributed by atoms with Crippen LogP contribution in [0.4, 0.5) is 5.95 Å². The maximum absolute atomic E-state index is 5.72. The summed E-state index contributed by atoms with van der Waals surface area (Å²) in [5.41, 5.74) is 0.700. The summed E-state index contributed by atoms with van der Waals surface area (Å²) in [6, 6.07) is 0. The molecule has 0 fully saturated rings. The first-order chi connectivity index (χ1) is 8.85. The second-order valence-electron chi connectivity index (χ2n) is 4.07. The summed E-state index contributed by atoms with van der Waals surface area (Å²) in [6.45, 7) is 5.62. The van der Waals surface area contributed by atoms with E-state index < -0.39 is 0 Å². The van der Waals surface area contributed by atoms with Crippen LogP contribution in [0.3, 0.4) is 0 Å². The molecule has 0 amide bonds. The van der Waals surface area contributed by atoms with Gasteiger partial charge in [-0.25, -0.2) is 0 Å². The van der Waals surface area contributed by atoms with Gasteiger partial charge in [0.05, 0.1) is 12.8 Å². The second kappa shape index (κ2) is 6.18. The van der Waals surface area contributed by atoms with Gasteiger partial charge >= 0.3 is 0 Å². The molecule has 0 atom stereocenters. The van der Waals surface area contributed by atoms with Crippen molar-refractivity contribution in [2.75, 3.05) is 18.5 Å². The van der Waals surface area contributed by atoms with Gasteiger partial charge in [0.2, 0.25) is 11.8 Å². The van der Waals surface area contributed by atoms with E-state index in [1.807, 2.05) is 6.92 Å². The van der Waals surface area contributed by atoms with Crippen LogP contribution in [0.15, 0.2) is 6.20 Å². The Morgan fingerprint density at radius 3 is 2.94 bits per heavy atom. The Morgan fingerprint density at radius 1 is 1.28 bits per heavy atom. The first kappa shape index (κ1) is 12.6. The van der Waals surface area contributed by atoms with E-state index in [-0.39, 0.29) is 0 Å². The molecule has 0 saturated carbocycles. The molecule has 0 bridgehead atoms. The standard InChI is InChI=1S/C12H19N5O/c1-3-5-6-7-18-11-9-8-14-17-10(9)15-12(16-11)13-4-2/h8H,3-7H2,1-2H3,(H2,13,14,15,16,17). The van der Waals surface area contributed by atoms with E-state index in [9.17, 15) is 0 Å². The van der Waals surface area contributed by atoms with Gasteiger partial charge in [-0.1, -0.05) is 19.8 Å². The summed E-state index contributed by atoms with van der Waals surface area (Å²) in [5, 5.41) is 10.7. The van der Waals surface area contributed by atoms with Crippen LogP contribution in [0.2, 0.25) is 0 Å². The molecule has 2 aromatic rings. The molecule has 18 heavy (non-hydrogen) atoms. The average Bonchev–Trinajstić information content (AvgIpc) is 2.83. The number of rotatable bonds is 7. The van der Waals surface area contributed by atoms with Crippen LogP contribution in [0, 0.1) is 0 Å². The maximum atomic E-state index is 5.72. The Labute approximate surface area is 106 Å². The highest BCUT2D eigenvalue weighted by Gasteiger charge is 2.10. The first-order valence-corrected chi connectivity index (χ1v) is 6.43. The van der Waals surface area contributed by atoms with Crippen molar-refractivity contribution in [2.45, 2.75) is 33.1 Å². The number of hydrogen-bond acceptors (Lipinski definition) is 5. The quantitative estimate of drug-likeness (QED) is 0.737. The largest absolute Gasteiger partial charge is 0.477 e. The first-order valence-electron chi connectivity index (χ1n) is 6.43. The van der Waals surface area contributed by atoms with E-state index >= 15 is 0 Å². The minimum atomic E-state index is 0.569. The highest BCUT2D eigenvalue weighted by Crippen LogP contribution is 2.22. The number of nitrogens with zero attached hydrogens (tertiary/aromatic N) is 3. The summed E-state index contributed by atoms with van der Waals surface area (Å²) in [6.07, 6.45) is 5.08. The fraction of sp³-hybridized carbons (Fsp3) is 0.583. The summed E-state index contributed by atoms with van der Waals surface area (Å²) in [4.78, 5) is 8.67. The number of ether oxygens (including phenoxy) is 1. The number of fused-ring (bicyclic) bond motifs is 1. The van der Waals surface area contributed by atoms with Gasteiger partial charge in [0.1, 0.15) is 5.39 Å². The summed E-state index contributed by atoms with van der Waals surface area (Å²) >= 11 is 0. The molecular formula is C12H19N5O. The SMILES string of the molecule is CCCCCOc1nc(NCC)nc2[nH]ncc12. The molecule has 0 spiro atoms. The van der Waals surface area contributed by atoms with Crippen molar-refractivity contribution in [3.05, 3.63) is 6.20 Å². The van der Waals surface area contributed by atoms with Gasteiger partial charge < -0.3 is 10.1 Å². The fourth-order valence-corrected chi connectivity index (χ4v) is 1.68. The van der Waals surface area contributed by atoms with E-state index in [1.165, 1.54) is 12.8 Å². The zero-order chi connectivity index (χ0) is 12.8. The Kier molecular flexibility index (Phi) is 4.33. The average molecular weight is 249 g/mol. The van der Waals surface area contributed by atoms with Crippen LogP contribution in [-0.2, 0) is 0 Å². The Hall–Kier alpha value is -1.85. The molecule has 0 aliphatic heterocycles. The molecule has 6 heteroatoms. The molecule has 2 heterocycles. The minimum absolute atomic E-state index is 0.569. The molecule has 0 radical (unpaired) electrons. The van der Waals surface area contributed by atoms with Crippen LogP contribution in [-0.4, -0.2) is 33.3 Å². The predicted molar refractivity (Wildman–Crippen MR) is 70.9 cm³/mol. The van der Waals surface area contributed by atoms with Crippen LogP contribution < -0.4 is 10.1 Å². The number of nitrogens with one attached hydrogen (secondary N) is 2. The summed E-state index contributed by atoms with van der Waals surface area (Å²) < 4.78 is 5.72. The molecule has 0 aliphatic carbocycles. The maximum Gasteiger partial charge on any atom is 0.229 e. The molecule has 0 aromatic carbocycles. The van der Waals surface area contributed by atoms with Crippen molar-refractivity contribution in [3.63, 3.8) is 0 Å². The van der Waals surface area contributed by atoms with Crippen molar-refractivity contribution >= 4 is 17.0 Å². The number of aromatic nitrogens is 4. The highest BCUT2D eigenvalue weighted by molar-refractivity contribution is 5.80. The lowest BCUT2D eigenvalue weighted by Crippen LogP contribution is -2.05. The van der Waals surface area contributed by atoms with Gasteiger partial charge in [-0.2, -0.15) is 15.1 Å². The topological polar surface area (TPSA) is 75.7 Å².